The van der Waals surface area contributed by atoms with Gasteiger partial charge in [0.1, 0.15) is 11.6 Å². The van der Waals surface area contributed by atoms with Gasteiger partial charge in [-0.05, 0) is 31.2 Å². The van der Waals surface area contributed by atoms with E-state index in [1.807, 2.05) is 0 Å². The van der Waals surface area contributed by atoms with Crippen molar-refractivity contribution in [1.82, 2.24) is 10.9 Å². The third kappa shape index (κ3) is 3.05. The first kappa shape index (κ1) is 14.3. The number of aryl methyl sites for hydroxylation is 1. The summed E-state index contributed by atoms with van der Waals surface area (Å²) in [4.78, 5) is 23.5. The van der Waals surface area contributed by atoms with E-state index >= 15 is 0 Å². The van der Waals surface area contributed by atoms with Gasteiger partial charge in [0.05, 0.1) is 17.4 Å². The molecule has 0 fully saturated rings. The van der Waals surface area contributed by atoms with Crippen LogP contribution < -0.4 is 10.9 Å². The number of furan rings is 1. The topological polar surface area (TPSA) is 71.3 Å². The van der Waals surface area contributed by atoms with Crippen LogP contribution in [0.15, 0.2) is 39.4 Å². The lowest BCUT2D eigenvalue weighted by atomic mass is 10.2. The molecule has 7 heteroatoms. The summed E-state index contributed by atoms with van der Waals surface area (Å²) in [6.07, 6.45) is 1.36. The third-order valence-corrected chi connectivity index (χ3v) is 3.06. The largest absolute Gasteiger partial charge is 0.469 e. The van der Waals surface area contributed by atoms with Gasteiger partial charge in [-0.3, -0.25) is 20.4 Å². The number of amides is 2. The van der Waals surface area contributed by atoms with E-state index in [9.17, 15) is 14.0 Å². The van der Waals surface area contributed by atoms with Crippen LogP contribution in [-0.4, -0.2) is 11.8 Å². The monoisotopic (exact) mass is 340 g/mol. The Kier molecular flexibility index (Phi) is 4.19. The van der Waals surface area contributed by atoms with Gasteiger partial charge in [-0.15, -0.1) is 0 Å². The molecule has 0 radical (unpaired) electrons. The third-order valence-electron chi connectivity index (χ3n) is 2.57. The zero-order chi connectivity index (χ0) is 14.7. The van der Waals surface area contributed by atoms with Crippen LogP contribution in [0.2, 0.25) is 0 Å². The van der Waals surface area contributed by atoms with Gasteiger partial charge in [0.15, 0.2) is 0 Å². The summed E-state index contributed by atoms with van der Waals surface area (Å²) in [5.74, 6) is -1.55. The lowest BCUT2D eigenvalue weighted by molar-refractivity contribution is 0.0843. The van der Waals surface area contributed by atoms with Gasteiger partial charge in [-0.1, -0.05) is 15.9 Å². The standard InChI is InChI=1S/C13H10BrFN2O3/c1-7-9(4-5-20-7)12(18)16-17-13(19)10-6-8(14)2-3-11(10)15/h2-6H,1H3,(H,16,18)(H,17,19). The molecule has 0 unspecified atom stereocenters. The Bertz CT molecular complexity index is 669. The number of carbonyl (C=O) groups excluding carboxylic acids is 2. The van der Waals surface area contributed by atoms with Crippen molar-refractivity contribution >= 4 is 27.7 Å². The number of rotatable bonds is 2. The molecular formula is C13H10BrFN2O3. The minimum absolute atomic E-state index is 0.177. The van der Waals surface area contributed by atoms with E-state index in [1.54, 1.807) is 6.92 Å². The van der Waals surface area contributed by atoms with Crippen molar-refractivity contribution in [1.29, 1.82) is 0 Å². The molecule has 0 aliphatic heterocycles. The van der Waals surface area contributed by atoms with Crippen molar-refractivity contribution in [2.45, 2.75) is 6.92 Å². The van der Waals surface area contributed by atoms with Crippen molar-refractivity contribution in [3.63, 3.8) is 0 Å². The molecule has 0 spiro atoms. The van der Waals surface area contributed by atoms with Crippen LogP contribution in [0, 0.1) is 12.7 Å². The van der Waals surface area contributed by atoms with E-state index in [2.05, 4.69) is 26.8 Å². The van der Waals surface area contributed by atoms with E-state index in [4.69, 9.17) is 4.42 Å². The van der Waals surface area contributed by atoms with Crippen LogP contribution in [0.1, 0.15) is 26.5 Å². The number of halogens is 2. The first-order valence-corrected chi connectivity index (χ1v) is 6.38. The van der Waals surface area contributed by atoms with Gasteiger partial charge in [-0.2, -0.15) is 0 Å². The number of hydrazine groups is 1. The number of nitrogens with one attached hydrogen (secondary N) is 2. The smallest absolute Gasteiger partial charge is 0.273 e. The molecule has 1 aromatic carbocycles. The lowest BCUT2D eigenvalue weighted by Crippen LogP contribution is -2.42. The quantitative estimate of drug-likeness (QED) is 0.825. The van der Waals surface area contributed by atoms with Crippen LogP contribution in [0.3, 0.4) is 0 Å². The van der Waals surface area contributed by atoms with Gasteiger partial charge >= 0.3 is 0 Å². The average molecular weight is 341 g/mol. The minimum atomic E-state index is -0.752. The molecule has 2 N–H and O–H groups in total. The highest BCUT2D eigenvalue weighted by atomic mass is 79.9. The second-order valence-electron chi connectivity index (χ2n) is 3.92. The summed E-state index contributed by atoms with van der Waals surface area (Å²) in [7, 11) is 0. The first-order chi connectivity index (χ1) is 9.49. The van der Waals surface area contributed by atoms with E-state index in [0.29, 0.717) is 15.8 Å². The highest BCUT2D eigenvalue weighted by Crippen LogP contribution is 2.15. The van der Waals surface area contributed by atoms with Gasteiger partial charge in [0, 0.05) is 4.47 Å². The molecule has 0 aliphatic carbocycles. The SMILES string of the molecule is Cc1occc1C(=O)NNC(=O)c1cc(Br)ccc1F. The summed E-state index contributed by atoms with van der Waals surface area (Å²) >= 11 is 3.14. The minimum Gasteiger partial charge on any atom is -0.469 e. The van der Waals surface area contributed by atoms with Crippen LogP contribution >= 0.6 is 15.9 Å². The summed E-state index contributed by atoms with van der Waals surface area (Å²) in [5, 5.41) is 0. The Morgan fingerprint density at radius 1 is 1.15 bits per heavy atom. The van der Waals surface area contributed by atoms with Gasteiger partial charge < -0.3 is 4.42 Å². The molecule has 0 saturated heterocycles. The van der Waals surface area contributed by atoms with E-state index in [0.717, 1.165) is 6.07 Å². The lowest BCUT2D eigenvalue weighted by Gasteiger charge is -2.07. The zero-order valence-corrected chi connectivity index (χ0v) is 12.0. The molecule has 20 heavy (non-hydrogen) atoms. The van der Waals surface area contributed by atoms with Crippen LogP contribution in [-0.2, 0) is 0 Å². The normalized spacial score (nSPS) is 10.2. The van der Waals surface area contributed by atoms with Crippen molar-refractivity contribution in [2.75, 3.05) is 0 Å². The molecule has 1 heterocycles. The number of benzene rings is 1. The molecule has 5 nitrogen and oxygen atoms in total. The van der Waals surface area contributed by atoms with Crippen molar-refractivity contribution in [2.24, 2.45) is 0 Å². The number of carbonyl (C=O) groups is 2. The molecule has 104 valence electrons. The fourth-order valence-corrected chi connectivity index (χ4v) is 1.90. The summed E-state index contributed by atoms with van der Waals surface area (Å²) in [6, 6.07) is 5.41. The van der Waals surface area contributed by atoms with Gasteiger partial charge in [0.25, 0.3) is 11.8 Å². The van der Waals surface area contributed by atoms with Gasteiger partial charge in [-0.25, -0.2) is 4.39 Å². The van der Waals surface area contributed by atoms with Crippen LogP contribution in [0.5, 0.6) is 0 Å². The zero-order valence-electron chi connectivity index (χ0n) is 10.4. The fourth-order valence-electron chi connectivity index (χ4n) is 1.54. The molecule has 1 aromatic heterocycles. The molecule has 0 bridgehead atoms. The highest BCUT2D eigenvalue weighted by Gasteiger charge is 2.15. The van der Waals surface area contributed by atoms with E-state index < -0.39 is 17.6 Å². The van der Waals surface area contributed by atoms with E-state index in [-0.39, 0.29) is 5.56 Å². The number of hydrogen-bond acceptors (Lipinski definition) is 3. The second kappa shape index (κ2) is 5.87. The van der Waals surface area contributed by atoms with Crippen LogP contribution in [0.4, 0.5) is 4.39 Å². The maximum atomic E-state index is 13.5. The molecule has 2 aromatic rings. The average Bonchev–Trinajstić information content (AvgIpc) is 2.84. The Balaban J connectivity index is 2.04. The maximum absolute atomic E-state index is 13.5. The van der Waals surface area contributed by atoms with Crippen molar-refractivity contribution in [3.05, 3.63) is 57.7 Å². The Morgan fingerprint density at radius 2 is 1.80 bits per heavy atom. The predicted octanol–water partition coefficient (Wildman–Crippen LogP) is 2.56. The maximum Gasteiger partial charge on any atom is 0.273 e. The van der Waals surface area contributed by atoms with E-state index in [1.165, 1.54) is 24.5 Å². The summed E-state index contributed by atoms with van der Waals surface area (Å²) in [5.41, 5.74) is 4.45. The molecule has 2 rings (SSSR count). The van der Waals surface area contributed by atoms with Crippen molar-refractivity contribution in [3.8, 4) is 0 Å². The Labute approximate surface area is 122 Å². The first-order valence-electron chi connectivity index (χ1n) is 5.59. The number of hydrogen-bond donors (Lipinski definition) is 2. The van der Waals surface area contributed by atoms with Crippen molar-refractivity contribution < 1.29 is 18.4 Å². The fraction of sp³-hybridized carbons (Fsp3) is 0.0769. The highest BCUT2D eigenvalue weighted by molar-refractivity contribution is 9.10. The molecule has 0 atom stereocenters. The van der Waals surface area contributed by atoms with Crippen LogP contribution in [0.25, 0.3) is 0 Å². The molecular weight excluding hydrogens is 331 g/mol. The molecule has 0 aliphatic rings. The Hall–Kier alpha value is -2.15. The second-order valence-corrected chi connectivity index (χ2v) is 4.84. The predicted molar refractivity (Wildman–Crippen MR) is 72.5 cm³/mol. The molecule has 2 amide bonds. The Morgan fingerprint density at radius 3 is 2.40 bits per heavy atom. The molecule has 0 saturated carbocycles. The van der Waals surface area contributed by atoms with Gasteiger partial charge in [0.2, 0.25) is 0 Å². The summed E-state index contributed by atoms with van der Waals surface area (Å²) in [6.45, 7) is 1.62. The summed E-state index contributed by atoms with van der Waals surface area (Å²) < 4.78 is 19.0.